The number of hydrogen-bond acceptors (Lipinski definition) is 4. The van der Waals surface area contributed by atoms with Crippen molar-refractivity contribution in [2.45, 2.75) is 25.9 Å². The van der Waals surface area contributed by atoms with E-state index in [9.17, 15) is 4.39 Å². The van der Waals surface area contributed by atoms with Crippen LogP contribution in [-0.4, -0.2) is 62.9 Å². The molecule has 0 bridgehead atoms. The number of guanidine groups is 1. The largest absolute Gasteiger partial charge is 0.488 e. The van der Waals surface area contributed by atoms with E-state index in [1.165, 1.54) is 12.1 Å². The van der Waals surface area contributed by atoms with Crippen molar-refractivity contribution in [1.29, 1.82) is 0 Å². The zero-order valence-electron chi connectivity index (χ0n) is 14.9. The van der Waals surface area contributed by atoms with Crippen LogP contribution in [0.15, 0.2) is 29.3 Å². The number of aliphatic imine (C=N–C) groups is 1. The summed E-state index contributed by atoms with van der Waals surface area (Å²) in [5, 5.41) is 3.13. The molecule has 1 atom stereocenters. The van der Waals surface area contributed by atoms with Crippen molar-refractivity contribution >= 4 is 5.96 Å². The van der Waals surface area contributed by atoms with Crippen LogP contribution in [-0.2, 0) is 4.74 Å². The van der Waals surface area contributed by atoms with E-state index >= 15 is 0 Å². The Morgan fingerprint density at radius 2 is 2.24 bits per heavy atom. The van der Waals surface area contributed by atoms with Crippen LogP contribution in [0, 0.1) is 5.82 Å². The van der Waals surface area contributed by atoms with Crippen molar-refractivity contribution in [3.8, 4) is 5.75 Å². The first-order valence-corrected chi connectivity index (χ1v) is 8.93. The molecule has 2 rings (SSSR count). The van der Waals surface area contributed by atoms with E-state index in [2.05, 4.69) is 15.2 Å². The van der Waals surface area contributed by atoms with Crippen LogP contribution in [0.4, 0.5) is 4.39 Å². The molecule has 1 saturated heterocycles. The topological polar surface area (TPSA) is 72.1 Å². The van der Waals surface area contributed by atoms with Crippen LogP contribution in [0.2, 0.25) is 0 Å². The second-order valence-corrected chi connectivity index (χ2v) is 6.07. The predicted molar refractivity (Wildman–Crippen MR) is 97.5 cm³/mol. The zero-order valence-corrected chi connectivity index (χ0v) is 14.9. The first-order valence-electron chi connectivity index (χ1n) is 8.93. The van der Waals surface area contributed by atoms with Gasteiger partial charge in [-0.15, -0.1) is 0 Å². The van der Waals surface area contributed by atoms with E-state index in [0.717, 1.165) is 52.2 Å². The molecule has 0 aliphatic carbocycles. The van der Waals surface area contributed by atoms with E-state index in [1.807, 2.05) is 6.92 Å². The third-order valence-electron chi connectivity index (χ3n) is 4.08. The molecule has 3 N–H and O–H groups in total. The van der Waals surface area contributed by atoms with Gasteiger partial charge in [-0.05, 0) is 31.5 Å². The quantitative estimate of drug-likeness (QED) is 0.401. The van der Waals surface area contributed by atoms with Gasteiger partial charge in [0, 0.05) is 25.7 Å². The molecule has 1 fully saturated rings. The summed E-state index contributed by atoms with van der Waals surface area (Å²) < 4.78 is 24.3. The number of halogens is 1. The molecule has 0 spiro atoms. The highest BCUT2D eigenvalue weighted by atomic mass is 19.1. The monoisotopic (exact) mass is 352 g/mol. The van der Waals surface area contributed by atoms with E-state index in [0.29, 0.717) is 18.3 Å². The van der Waals surface area contributed by atoms with Gasteiger partial charge in [0.1, 0.15) is 17.7 Å². The summed E-state index contributed by atoms with van der Waals surface area (Å²) in [6.07, 6.45) is 1.65. The van der Waals surface area contributed by atoms with E-state index in [-0.39, 0.29) is 11.9 Å². The van der Waals surface area contributed by atoms with Gasteiger partial charge in [-0.3, -0.25) is 4.90 Å². The smallest absolute Gasteiger partial charge is 0.188 e. The summed E-state index contributed by atoms with van der Waals surface area (Å²) in [6, 6.07) is 6.14. The molecule has 1 unspecified atom stereocenters. The molecule has 25 heavy (non-hydrogen) atoms. The maximum Gasteiger partial charge on any atom is 0.188 e. The van der Waals surface area contributed by atoms with Gasteiger partial charge in [0.25, 0.3) is 0 Å². The third-order valence-corrected chi connectivity index (χ3v) is 4.08. The summed E-state index contributed by atoms with van der Waals surface area (Å²) in [5.41, 5.74) is 5.90. The fraction of sp³-hybridized carbons (Fsp3) is 0.611. The van der Waals surface area contributed by atoms with Crippen LogP contribution in [0.1, 0.15) is 19.8 Å². The standard InChI is InChI=1S/C18H29FN4O2/c1-2-16(25-17-6-3-5-15(19)13-17)14-22-18(20)21-7-4-8-23-9-11-24-12-10-23/h3,5-6,13,16H,2,4,7-12,14H2,1H3,(H3,20,21,22). The third kappa shape index (κ3) is 7.70. The number of rotatable bonds is 9. The Morgan fingerprint density at radius 3 is 2.96 bits per heavy atom. The highest BCUT2D eigenvalue weighted by molar-refractivity contribution is 5.77. The summed E-state index contributed by atoms with van der Waals surface area (Å²) >= 11 is 0. The molecule has 1 aromatic rings. The van der Waals surface area contributed by atoms with Crippen molar-refractivity contribution in [3.05, 3.63) is 30.1 Å². The fourth-order valence-corrected chi connectivity index (χ4v) is 2.58. The van der Waals surface area contributed by atoms with Gasteiger partial charge < -0.3 is 20.5 Å². The first kappa shape index (κ1) is 19.5. The van der Waals surface area contributed by atoms with Crippen molar-refractivity contribution in [3.63, 3.8) is 0 Å². The van der Waals surface area contributed by atoms with Crippen LogP contribution in [0.5, 0.6) is 5.75 Å². The van der Waals surface area contributed by atoms with Gasteiger partial charge in [0.05, 0.1) is 19.8 Å². The van der Waals surface area contributed by atoms with Crippen molar-refractivity contribution in [1.82, 2.24) is 10.2 Å². The van der Waals surface area contributed by atoms with Gasteiger partial charge in [-0.2, -0.15) is 0 Å². The lowest BCUT2D eigenvalue weighted by Crippen LogP contribution is -2.39. The fourth-order valence-electron chi connectivity index (χ4n) is 2.58. The molecule has 1 aliphatic heterocycles. The van der Waals surface area contributed by atoms with Crippen molar-refractivity contribution in [2.24, 2.45) is 10.7 Å². The molecule has 0 aromatic heterocycles. The molecule has 1 heterocycles. The number of nitrogens with one attached hydrogen (secondary N) is 1. The van der Waals surface area contributed by atoms with Gasteiger partial charge >= 0.3 is 0 Å². The summed E-state index contributed by atoms with van der Waals surface area (Å²) in [6.45, 7) is 7.90. The van der Waals surface area contributed by atoms with Crippen LogP contribution in [0.25, 0.3) is 0 Å². The van der Waals surface area contributed by atoms with Gasteiger partial charge in [-0.1, -0.05) is 13.0 Å². The summed E-state index contributed by atoms with van der Waals surface area (Å²) in [7, 11) is 0. The SMILES string of the molecule is CCC(CN=C(N)NCCCN1CCOCC1)Oc1cccc(F)c1. The molecule has 6 nitrogen and oxygen atoms in total. The highest BCUT2D eigenvalue weighted by Crippen LogP contribution is 2.15. The van der Waals surface area contributed by atoms with Crippen LogP contribution in [0.3, 0.4) is 0 Å². The number of morpholine rings is 1. The van der Waals surface area contributed by atoms with Gasteiger partial charge in [-0.25, -0.2) is 9.38 Å². The summed E-state index contributed by atoms with van der Waals surface area (Å²) in [4.78, 5) is 6.72. The second kappa shape index (κ2) is 10.9. The lowest BCUT2D eigenvalue weighted by molar-refractivity contribution is 0.0376. The summed E-state index contributed by atoms with van der Waals surface area (Å²) in [5.74, 6) is 0.625. The maximum absolute atomic E-state index is 13.2. The maximum atomic E-state index is 13.2. The molecule has 140 valence electrons. The average molecular weight is 352 g/mol. The number of ether oxygens (including phenoxy) is 2. The normalized spacial score (nSPS) is 17.3. The Kier molecular flexibility index (Phi) is 8.48. The molecule has 1 aliphatic rings. The minimum Gasteiger partial charge on any atom is -0.488 e. The van der Waals surface area contributed by atoms with E-state index < -0.39 is 0 Å². The van der Waals surface area contributed by atoms with Crippen molar-refractivity contribution < 1.29 is 13.9 Å². The molecule has 7 heteroatoms. The Labute approximate surface area is 149 Å². The van der Waals surface area contributed by atoms with Crippen LogP contribution < -0.4 is 15.8 Å². The number of benzene rings is 1. The molecular formula is C18H29FN4O2. The Balaban J connectivity index is 1.65. The van der Waals surface area contributed by atoms with Crippen LogP contribution >= 0.6 is 0 Å². The number of nitrogens with two attached hydrogens (primary N) is 1. The van der Waals surface area contributed by atoms with E-state index in [1.54, 1.807) is 12.1 Å². The first-order chi connectivity index (χ1) is 12.2. The lowest BCUT2D eigenvalue weighted by Gasteiger charge is -2.26. The van der Waals surface area contributed by atoms with E-state index in [4.69, 9.17) is 15.2 Å². The average Bonchev–Trinajstić information content (AvgIpc) is 2.63. The molecule has 0 saturated carbocycles. The molecular weight excluding hydrogens is 323 g/mol. The minimum absolute atomic E-state index is 0.129. The molecule has 0 amide bonds. The number of hydrogen-bond donors (Lipinski definition) is 2. The second-order valence-electron chi connectivity index (χ2n) is 6.07. The van der Waals surface area contributed by atoms with Gasteiger partial charge in [0.15, 0.2) is 5.96 Å². The molecule has 0 radical (unpaired) electrons. The highest BCUT2D eigenvalue weighted by Gasteiger charge is 2.10. The zero-order chi connectivity index (χ0) is 17.9. The Bertz CT molecular complexity index is 536. The van der Waals surface area contributed by atoms with Gasteiger partial charge in [0.2, 0.25) is 0 Å². The Hall–Kier alpha value is -1.86. The minimum atomic E-state index is -0.308. The molecule has 1 aromatic carbocycles. The van der Waals surface area contributed by atoms with Crippen molar-refractivity contribution in [2.75, 3.05) is 45.9 Å². The number of nitrogens with zero attached hydrogens (tertiary/aromatic N) is 2. The lowest BCUT2D eigenvalue weighted by atomic mass is 10.2. The predicted octanol–water partition coefficient (Wildman–Crippen LogP) is 1.61. The Morgan fingerprint density at radius 1 is 1.44 bits per heavy atom.